The molecule has 0 bridgehead atoms. The monoisotopic (exact) mass is 300 g/mol. The summed E-state index contributed by atoms with van der Waals surface area (Å²) in [5, 5.41) is 0.761. The number of carbonyl (C=O) groups is 1. The van der Waals surface area contributed by atoms with E-state index in [-0.39, 0.29) is 17.6 Å². The van der Waals surface area contributed by atoms with E-state index in [2.05, 4.69) is 4.98 Å². The lowest BCUT2D eigenvalue weighted by Gasteiger charge is -2.09. The lowest BCUT2D eigenvalue weighted by Crippen LogP contribution is -2.20. The molecule has 3 rings (SSSR count). The molecule has 22 heavy (non-hydrogen) atoms. The third-order valence-corrected chi connectivity index (χ3v) is 3.40. The summed E-state index contributed by atoms with van der Waals surface area (Å²) in [7, 11) is 1.69. The fraction of sp³-hybridized carbons (Fsp3) is 0.188. The average molecular weight is 300 g/mol. The largest absolute Gasteiger partial charge is 0.462 e. The van der Waals surface area contributed by atoms with Crippen molar-refractivity contribution in [2.24, 2.45) is 7.05 Å². The standard InChI is InChI=1S/C16H13FN2O3/c1-3-22-16(21)12-8-19(2)15-11(14(12)20)7-9-6-10(17)4-5-13(9)18-15/h4-8H,3H2,1-2H3. The summed E-state index contributed by atoms with van der Waals surface area (Å²) in [6, 6.07) is 5.71. The van der Waals surface area contributed by atoms with Gasteiger partial charge in [-0.05, 0) is 31.2 Å². The highest BCUT2D eigenvalue weighted by atomic mass is 19.1. The van der Waals surface area contributed by atoms with Gasteiger partial charge in [-0.2, -0.15) is 0 Å². The van der Waals surface area contributed by atoms with E-state index in [9.17, 15) is 14.0 Å². The molecule has 0 radical (unpaired) electrons. The highest BCUT2D eigenvalue weighted by Gasteiger charge is 2.16. The van der Waals surface area contributed by atoms with Crippen LogP contribution in [-0.4, -0.2) is 22.1 Å². The van der Waals surface area contributed by atoms with E-state index in [4.69, 9.17) is 4.74 Å². The van der Waals surface area contributed by atoms with Crippen LogP contribution in [0.25, 0.3) is 21.9 Å². The maximum Gasteiger partial charge on any atom is 0.343 e. The van der Waals surface area contributed by atoms with Crippen LogP contribution >= 0.6 is 0 Å². The van der Waals surface area contributed by atoms with Crippen LogP contribution in [0.2, 0.25) is 0 Å². The van der Waals surface area contributed by atoms with Gasteiger partial charge in [0.05, 0.1) is 17.5 Å². The summed E-state index contributed by atoms with van der Waals surface area (Å²) in [5.41, 5.74) is 0.476. The predicted molar refractivity (Wildman–Crippen MR) is 80.4 cm³/mol. The minimum Gasteiger partial charge on any atom is -0.462 e. The van der Waals surface area contributed by atoms with E-state index in [1.54, 1.807) is 30.7 Å². The summed E-state index contributed by atoms with van der Waals surface area (Å²) in [4.78, 5) is 28.7. The van der Waals surface area contributed by atoms with E-state index in [0.717, 1.165) is 0 Å². The number of aryl methyl sites for hydroxylation is 1. The van der Waals surface area contributed by atoms with Gasteiger partial charge < -0.3 is 9.30 Å². The van der Waals surface area contributed by atoms with Crippen LogP contribution in [0.5, 0.6) is 0 Å². The molecule has 0 fully saturated rings. The van der Waals surface area contributed by atoms with Gasteiger partial charge in [-0.15, -0.1) is 0 Å². The fourth-order valence-corrected chi connectivity index (χ4v) is 2.39. The van der Waals surface area contributed by atoms with Crippen LogP contribution in [0.1, 0.15) is 17.3 Å². The number of aromatic nitrogens is 2. The molecule has 0 aliphatic carbocycles. The topological polar surface area (TPSA) is 61.2 Å². The Morgan fingerprint density at radius 3 is 2.86 bits per heavy atom. The molecule has 0 N–H and O–H groups in total. The zero-order chi connectivity index (χ0) is 15.9. The van der Waals surface area contributed by atoms with Crippen molar-refractivity contribution < 1.29 is 13.9 Å². The van der Waals surface area contributed by atoms with Crippen molar-refractivity contribution in [1.29, 1.82) is 0 Å². The molecule has 1 aromatic carbocycles. The number of rotatable bonds is 2. The first kappa shape index (κ1) is 14.2. The van der Waals surface area contributed by atoms with Gasteiger partial charge in [0.25, 0.3) is 0 Å². The molecule has 0 aliphatic rings. The Balaban J connectivity index is 2.36. The maximum atomic E-state index is 13.3. The van der Waals surface area contributed by atoms with E-state index in [1.807, 2.05) is 0 Å². The van der Waals surface area contributed by atoms with E-state index < -0.39 is 17.2 Å². The smallest absolute Gasteiger partial charge is 0.343 e. The Kier molecular flexibility index (Phi) is 3.36. The molecule has 2 aromatic heterocycles. The minimum absolute atomic E-state index is 0.0607. The highest BCUT2D eigenvalue weighted by Crippen LogP contribution is 2.19. The second-order valence-corrected chi connectivity index (χ2v) is 4.90. The first-order valence-electron chi connectivity index (χ1n) is 6.78. The van der Waals surface area contributed by atoms with Crippen molar-refractivity contribution in [3.05, 3.63) is 52.1 Å². The average Bonchev–Trinajstić information content (AvgIpc) is 2.49. The van der Waals surface area contributed by atoms with Crippen LogP contribution in [0.4, 0.5) is 4.39 Å². The fourth-order valence-electron chi connectivity index (χ4n) is 2.39. The number of carbonyl (C=O) groups excluding carboxylic acids is 1. The maximum absolute atomic E-state index is 13.3. The molecule has 112 valence electrons. The molecule has 0 saturated carbocycles. The first-order chi connectivity index (χ1) is 10.5. The molecular weight excluding hydrogens is 287 g/mol. The molecule has 0 spiro atoms. The number of esters is 1. The van der Waals surface area contributed by atoms with Gasteiger partial charge in [0.2, 0.25) is 5.43 Å². The van der Waals surface area contributed by atoms with Crippen molar-refractivity contribution in [3.8, 4) is 0 Å². The molecule has 5 nitrogen and oxygen atoms in total. The predicted octanol–water partition coefficient (Wildman–Crippen LogP) is 2.40. The van der Waals surface area contributed by atoms with E-state index >= 15 is 0 Å². The van der Waals surface area contributed by atoms with Crippen LogP contribution in [0, 0.1) is 5.82 Å². The second kappa shape index (κ2) is 5.22. The Bertz CT molecular complexity index is 963. The van der Waals surface area contributed by atoms with Crippen LogP contribution < -0.4 is 5.43 Å². The summed E-state index contributed by atoms with van der Waals surface area (Å²) < 4.78 is 19.8. The van der Waals surface area contributed by atoms with Crippen LogP contribution in [-0.2, 0) is 11.8 Å². The lowest BCUT2D eigenvalue weighted by molar-refractivity contribution is 0.0524. The minimum atomic E-state index is -0.677. The zero-order valence-electron chi connectivity index (χ0n) is 12.1. The van der Waals surface area contributed by atoms with Gasteiger partial charge in [-0.1, -0.05) is 0 Å². The van der Waals surface area contributed by atoms with Crippen molar-refractivity contribution in [1.82, 2.24) is 9.55 Å². The number of halogens is 1. The Morgan fingerprint density at radius 1 is 1.36 bits per heavy atom. The number of fused-ring (bicyclic) bond motifs is 2. The van der Waals surface area contributed by atoms with Crippen LogP contribution in [0.15, 0.2) is 35.3 Å². The Hall–Kier alpha value is -2.76. The van der Waals surface area contributed by atoms with Gasteiger partial charge in [0.15, 0.2) is 0 Å². The lowest BCUT2D eigenvalue weighted by atomic mass is 10.1. The van der Waals surface area contributed by atoms with Crippen molar-refractivity contribution in [3.63, 3.8) is 0 Å². The van der Waals surface area contributed by atoms with Crippen molar-refractivity contribution >= 4 is 27.9 Å². The molecule has 3 aromatic rings. The Morgan fingerprint density at radius 2 is 2.14 bits per heavy atom. The molecule has 0 atom stereocenters. The summed E-state index contributed by atoms with van der Waals surface area (Å²) in [6.45, 7) is 1.85. The molecule has 0 unspecified atom stereocenters. The summed E-state index contributed by atoms with van der Waals surface area (Å²) >= 11 is 0. The molecular formula is C16H13FN2O3. The molecule has 0 saturated heterocycles. The third-order valence-electron chi connectivity index (χ3n) is 3.40. The van der Waals surface area contributed by atoms with Crippen molar-refractivity contribution in [2.45, 2.75) is 6.92 Å². The van der Waals surface area contributed by atoms with E-state index in [1.165, 1.54) is 18.3 Å². The molecule has 2 heterocycles. The number of hydrogen-bond donors (Lipinski definition) is 0. The molecule has 0 amide bonds. The normalized spacial score (nSPS) is 11.0. The number of ether oxygens (including phenoxy) is 1. The highest BCUT2D eigenvalue weighted by molar-refractivity contribution is 5.96. The van der Waals surface area contributed by atoms with Gasteiger partial charge >= 0.3 is 5.97 Å². The number of benzene rings is 1. The summed E-state index contributed by atoms with van der Waals surface area (Å²) in [5.74, 6) is -1.09. The number of pyridine rings is 2. The third kappa shape index (κ3) is 2.22. The molecule has 0 aliphatic heterocycles. The van der Waals surface area contributed by atoms with Gasteiger partial charge in [-0.25, -0.2) is 14.2 Å². The number of nitrogens with zero attached hydrogens (tertiary/aromatic N) is 2. The SMILES string of the molecule is CCOC(=O)c1cn(C)c2nc3ccc(F)cc3cc2c1=O. The first-order valence-corrected chi connectivity index (χ1v) is 6.78. The van der Waals surface area contributed by atoms with E-state index in [0.29, 0.717) is 16.6 Å². The van der Waals surface area contributed by atoms with Gasteiger partial charge in [0.1, 0.15) is 17.0 Å². The zero-order valence-corrected chi connectivity index (χ0v) is 12.1. The van der Waals surface area contributed by atoms with Gasteiger partial charge in [-0.3, -0.25) is 4.79 Å². The Labute approximate surface area is 125 Å². The quantitative estimate of drug-likeness (QED) is 0.538. The molecule has 6 heteroatoms. The van der Waals surface area contributed by atoms with Crippen LogP contribution in [0.3, 0.4) is 0 Å². The van der Waals surface area contributed by atoms with Crippen molar-refractivity contribution in [2.75, 3.05) is 6.61 Å². The number of hydrogen-bond acceptors (Lipinski definition) is 4. The van der Waals surface area contributed by atoms with Gasteiger partial charge in [0, 0.05) is 18.6 Å². The summed E-state index contributed by atoms with van der Waals surface area (Å²) in [6.07, 6.45) is 1.41. The second-order valence-electron chi connectivity index (χ2n) is 4.90.